The van der Waals surface area contributed by atoms with Crippen molar-refractivity contribution in [2.24, 2.45) is 0 Å². The fourth-order valence-electron chi connectivity index (χ4n) is 3.60. The molecule has 1 aromatic heterocycles. The first kappa shape index (κ1) is 18.2. The Morgan fingerprint density at radius 3 is 2.81 bits per heavy atom. The Hall–Kier alpha value is -2.65. The van der Waals surface area contributed by atoms with Crippen LogP contribution in [0.4, 0.5) is 10.6 Å². The van der Waals surface area contributed by atoms with Gasteiger partial charge in [0.15, 0.2) is 5.69 Å². The first-order chi connectivity index (χ1) is 12.5. The Kier molecular flexibility index (Phi) is 5.38. The third kappa shape index (κ3) is 3.63. The SMILES string of the molecule is CCCCC1COC(=O)N1C1CCN(C(=O)c2cc([N+](=O)[O-])[nH]n2)CC1. The van der Waals surface area contributed by atoms with Gasteiger partial charge in [-0.15, -0.1) is 5.10 Å². The van der Waals surface area contributed by atoms with E-state index in [1.807, 2.05) is 4.90 Å². The van der Waals surface area contributed by atoms with Crippen molar-refractivity contribution in [2.75, 3.05) is 19.7 Å². The molecule has 0 radical (unpaired) electrons. The second-order valence-electron chi connectivity index (χ2n) is 6.70. The maximum absolute atomic E-state index is 12.4. The molecule has 2 saturated heterocycles. The minimum absolute atomic E-state index is 0.0385. The lowest BCUT2D eigenvalue weighted by molar-refractivity contribution is -0.389. The molecule has 0 spiro atoms. The van der Waals surface area contributed by atoms with Gasteiger partial charge in [0.25, 0.3) is 5.91 Å². The van der Waals surface area contributed by atoms with E-state index in [1.165, 1.54) is 0 Å². The molecule has 26 heavy (non-hydrogen) atoms. The van der Waals surface area contributed by atoms with Gasteiger partial charge in [0.2, 0.25) is 0 Å². The van der Waals surface area contributed by atoms with E-state index in [2.05, 4.69) is 17.1 Å². The van der Waals surface area contributed by atoms with Crippen molar-refractivity contribution in [1.29, 1.82) is 0 Å². The molecular formula is C16H23N5O5. The van der Waals surface area contributed by atoms with E-state index in [1.54, 1.807) is 4.90 Å². The number of hydrogen-bond acceptors (Lipinski definition) is 6. The van der Waals surface area contributed by atoms with Crippen molar-refractivity contribution in [1.82, 2.24) is 20.0 Å². The maximum atomic E-state index is 12.4. The van der Waals surface area contributed by atoms with Gasteiger partial charge in [-0.05, 0) is 24.2 Å². The van der Waals surface area contributed by atoms with Crippen molar-refractivity contribution in [3.05, 3.63) is 21.9 Å². The topological polar surface area (TPSA) is 122 Å². The number of ether oxygens (including phenoxy) is 1. The second kappa shape index (κ2) is 7.71. The molecule has 2 aliphatic heterocycles. The minimum atomic E-state index is -0.620. The number of H-pyrrole nitrogens is 1. The van der Waals surface area contributed by atoms with Gasteiger partial charge in [0, 0.05) is 19.1 Å². The van der Waals surface area contributed by atoms with Gasteiger partial charge in [0.05, 0.1) is 12.1 Å². The molecule has 142 valence electrons. The number of nitrogens with zero attached hydrogens (tertiary/aromatic N) is 4. The number of unbranched alkanes of at least 4 members (excludes halogenated alkanes) is 1. The van der Waals surface area contributed by atoms with Crippen LogP contribution in [0.1, 0.15) is 49.5 Å². The average molecular weight is 365 g/mol. The number of likely N-dealkylation sites (tertiary alicyclic amines) is 1. The number of amides is 2. The van der Waals surface area contributed by atoms with Crippen LogP contribution in [0.2, 0.25) is 0 Å². The van der Waals surface area contributed by atoms with Gasteiger partial charge in [-0.1, -0.05) is 24.9 Å². The van der Waals surface area contributed by atoms with Crippen LogP contribution in [0.3, 0.4) is 0 Å². The molecule has 3 rings (SSSR count). The molecule has 0 aliphatic carbocycles. The number of aromatic nitrogens is 2. The highest BCUT2D eigenvalue weighted by Gasteiger charge is 2.39. The Labute approximate surface area is 150 Å². The highest BCUT2D eigenvalue weighted by atomic mass is 16.6. The lowest BCUT2D eigenvalue weighted by Crippen LogP contribution is -2.49. The van der Waals surface area contributed by atoms with Crippen LogP contribution in [0.5, 0.6) is 0 Å². The quantitative estimate of drug-likeness (QED) is 0.607. The van der Waals surface area contributed by atoms with Crippen molar-refractivity contribution in [3.63, 3.8) is 0 Å². The molecule has 0 saturated carbocycles. The number of nitro groups is 1. The van der Waals surface area contributed by atoms with Crippen LogP contribution in [-0.4, -0.2) is 68.7 Å². The Morgan fingerprint density at radius 1 is 1.46 bits per heavy atom. The number of cyclic esters (lactones) is 1. The molecule has 2 amide bonds. The Bertz CT molecular complexity index is 682. The molecule has 2 fully saturated rings. The third-order valence-electron chi connectivity index (χ3n) is 5.02. The maximum Gasteiger partial charge on any atom is 0.410 e. The van der Waals surface area contributed by atoms with Crippen LogP contribution >= 0.6 is 0 Å². The van der Waals surface area contributed by atoms with E-state index >= 15 is 0 Å². The molecule has 0 bridgehead atoms. The number of aromatic amines is 1. The summed E-state index contributed by atoms with van der Waals surface area (Å²) >= 11 is 0. The summed E-state index contributed by atoms with van der Waals surface area (Å²) < 4.78 is 5.23. The second-order valence-corrected chi connectivity index (χ2v) is 6.70. The van der Waals surface area contributed by atoms with Crippen molar-refractivity contribution < 1.29 is 19.2 Å². The molecule has 3 heterocycles. The fourth-order valence-corrected chi connectivity index (χ4v) is 3.60. The number of carbonyl (C=O) groups is 2. The van der Waals surface area contributed by atoms with Gasteiger partial charge in [0.1, 0.15) is 6.61 Å². The van der Waals surface area contributed by atoms with Gasteiger partial charge >= 0.3 is 11.9 Å². The van der Waals surface area contributed by atoms with E-state index < -0.39 is 4.92 Å². The van der Waals surface area contributed by atoms with Gasteiger partial charge in [-0.3, -0.25) is 9.69 Å². The average Bonchev–Trinajstić information content (AvgIpc) is 3.27. The molecule has 2 aliphatic rings. The smallest absolute Gasteiger partial charge is 0.410 e. The number of rotatable bonds is 6. The van der Waals surface area contributed by atoms with Crippen molar-refractivity contribution >= 4 is 17.8 Å². The lowest BCUT2D eigenvalue weighted by Gasteiger charge is -2.37. The Balaban J connectivity index is 1.58. The van der Waals surface area contributed by atoms with Crippen LogP contribution in [0, 0.1) is 10.1 Å². The van der Waals surface area contributed by atoms with Crippen LogP contribution in [0.25, 0.3) is 0 Å². The minimum Gasteiger partial charge on any atom is -0.447 e. The zero-order valence-corrected chi connectivity index (χ0v) is 14.7. The summed E-state index contributed by atoms with van der Waals surface area (Å²) in [6, 6.07) is 1.32. The summed E-state index contributed by atoms with van der Waals surface area (Å²) in [5.74, 6) is -0.638. The normalized spacial score (nSPS) is 21.1. The van der Waals surface area contributed by atoms with E-state index in [4.69, 9.17) is 4.74 Å². The highest BCUT2D eigenvalue weighted by Crippen LogP contribution is 2.27. The number of hydrogen-bond donors (Lipinski definition) is 1. The largest absolute Gasteiger partial charge is 0.447 e. The van der Waals surface area contributed by atoms with Crippen LogP contribution < -0.4 is 0 Å². The number of piperidine rings is 1. The van der Waals surface area contributed by atoms with E-state index in [9.17, 15) is 19.7 Å². The predicted molar refractivity (Wildman–Crippen MR) is 90.7 cm³/mol. The molecule has 1 N–H and O–H groups in total. The molecule has 0 aromatic carbocycles. The van der Waals surface area contributed by atoms with E-state index in [0.717, 1.165) is 25.3 Å². The molecule has 10 nitrogen and oxygen atoms in total. The first-order valence-corrected chi connectivity index (χ1v) is 8.95. The summed E-state index contributed by atoms with van der Waals surface area (Å²) in [4.78, 5) is 38.1. The highest BCUT2D eigenvalue weighted by molar-refractivity contribution is 5.92. The zero-order valence-electron chi connectivity index (χ0n) is 14.7. The zero-order chi connectivity index (χ0) is 18.7. The number of nitrogens with one attached hydrogen (secondary N) is 1. The number of carbonyl (C=O) groups excluding carboxylic acids is 2. The Morgan fingerprint density at radius 2 is 2.19 bits per heavy atom. The van der Waals surface area contributed by atoms with Gasteiger partial charge in [-0.2, -0.15) is 0 Å². The first-order valence-electron chi connectivity index (χ1n) is 8.95. The summed E-state index contributed by atoms with van der Waals surface area (Å²) in [5.41, 5.74) is 0.0385. The predicted octanol–water partition coefficient (Wildman–Crippen LogP) is 1.93. The summed E-state index contributed by atoms with van der Waals surface area (Å²) in [6.45, 7) is 3.52. The molecule has 10 heteroatoms. The standard InChI is InChI=1S/C16H23N5O5/c1-2-3-4-12-10-26-16(23)20(12)11-5-7-19(8-6-11)15(22)13-9-14(18-17-13)21(24)25/h9,11-12H,2-8,10H2,1H3,(H,17,18). The van der Waals surface area contributed by atoms with Gasteiger partial charge < -0.3 is 19.8 Å². The summed E-state index contributed by atoms with van der Waals surface area (Å²) in [6.07, 6.45) is 4.11. The molecule has 1 atom stereocenters. The fraction of sp³-hybridized carbons (Fsp3) is 0.688. The molecule has 1 aromatic rings. The molecular weight excluding hydrogens is 342 g/mol. The van der Waals surface area contributed by atoms with E-state index in [0.29, 0.717) is 32.5 Å². The lowest BCUT2D eigenvalue weighted by atomic mass is 10.00. The van der Waals surface area contributed by atoms with Crippen LogP contribution in [-0.2, 0) is 4.74 Å². The monoisotopic (exact) mass is 365 g/mol. The van der Waals surface area contributed by atoms with Crippen LogP contribution in [0.15, 0.2) is 6.07 Å². The molecule has 1 unspecified atom stereocenters. The summed E-state index contributed by atoms with van der Waals surface area (Å²) in [7, 11) is 0. The van der Waals surface area contributed by atoms with Crippen molar-refractivity contribution in [3.8, 4) is 0 Å². The van der Waals surface area contributed by atoms with Gasteiger partial charge in [-0.25, -0.2) is 4.79 Å². The third-order valence-corrected chi connectivity index (χ3v) is 5.02. The summed E-state index contributed by atoms with van der Waals surface area (Å²) in [5, 5.41) is 16.7. The van der Waals surface area contributed by atoms with E-state index in [-0.39, 0.29) is 35.6 Å². The van der Waals surface area contributed by atoms with Crippen molar-refractivity contribution in [2.45, 2.75) is 51.1 Å².